The van der Waals surface area contributed by atoms with E-state index in [4.69, 9.17) is 0 Å². The lowest BCUT2D eigenvalue weighted by Crippen LogP contribution is -2.12. The third-order valence-corrected chi connectivity index (χ3v) is 2.38. The van der Waals surface area contributed by atoms with Crippen LogP contribution in [0.4, 0.5) is 5.69 Å². The predicted molar refractivity (Wildman–Crippen MR) is 58.3 cm³/mol. The van der Waals surface area contributed by atoms with Gasteiger partial charge in [-0.15, -0.1) is 0 Å². The third kappa shape index (κ3) is 2.44. The van der Waals surface area contributed by atoms with E-state index in [0.717, 1.165) is 6.42 Å². The van der Waals surface area contributed by atoms with Gasteiger partial charge in [-0.2, -0.15) is 5.10 Å². The molecule has 0 aliphatic rings. The summed E-state index contributed by atoms with van der Waals surface area (Å²) in [6, 6.07) is 0. The van der Waals surface area contributed by atoms with E-state index in [1.165, 1.54) is 4.68 Å². The highest BCUT2D eigenvalue weighted by molar-refractivity contribution is 5.78. The second-order valence-corrected chi connectivity index (χ2v) is 3.72. The molecule has 0 aliphatic carbocycles. The molecule has 0 bridgehead atoms. The van der Waals surface area contributed by atoms with Crippen molar-refractivity contribution < 1.29 is 9.72 Å². The minimum atomic E-state index is -0.460. The first-order chi connectivity index (χ1) is 7.47. The van der Waals surface area contributed by atoms with Crippen molar-refractivity contribution in [3.63, 3.8) is 0 Å². The number of carbonyl (C=O) groups is 1. The van der Waals surface area contributed by atoms with Gasteiger partial charge in [0.15, 0.2) is 5.78 Å². The van der Waals surface area contributed by atoms with Crippen molar-refractivity contribution in [1.82, 2.24) is 9.78 Å². The fourth-order valence-corrected chi connectivity index (χ4v) is 1.63. The summed E-state index contributed by atoms with van der Waals surface area (Å²) in [7, 11) is 0. The number of aromatic nitrogens is 2. The standard InChI is InChI=1S/C10H15N3O3/c1-4-5-9(14)6-12-8(3)10(13(15)16)7(2)11-12/h4-6H2,1-3H3. The van der Waals surface area contributed by atoms with Crippen LogP contribution in [0.25, 0.3) is 0 Å². The van der Waals surface area contributed by atoms with Crippen LogP contribution in [0.1, 0.15) is 31.2 Å². The van der Waals surface area contributed by atoms with Gasteiger partial charge in [-0.3, -0.25) is 19.6 Å². The van der Waals surface area contributed by atoms with Crippen LogP contribution in [-0.4, -0.2) is 20.5 Å². The van der Waals surface area contributed by atoms with E-state index in [1.54, 1.807) is 13.8 Å². The van der Waals surface area contributed by atoms with Gasteiger partial charge in [0.25, 0.3) is 0 Å². The third-order valence-electron chi connectivity index (χ3n) is 2.38. The Hall–Kier alpha value is -1.72. The van der Waals surface area contributed by atoms with E-state index in [-0.39, 0.29) is 18.0 Å². The number of hydrogen-bond donors (Lipinski definition) is 0. The summed E-state index contributed by atoms with van der Waals surface area (Å²) in [6.45, 7) is 5.22. The summed E-state index contributed by atoms with van der Waals surface area (Å²) < 4.78 is 1.41. The minimum absolute atomic E-state index is 0.00398. The number of carbonyl (C=O) groups excluding carboxylic acids is 1. The molecule has 0 aliphatic heterocycles. The molecular formula is C10H15N3O3. The largest absolute Gasteiger partial charge is 0.312 e. The quantitative estimate of drug-likeness (QED) is 0.565. The maximum atomic E-state index is 11.4. The number of hydrogen-bond acceptors (Lipinski definition) is 4. The fraction of sp³-hybridized carbons (Fsp3) is 0.600. The van der Waals surface area contributed by atoms with Gasteiger partial charge in [0, 0.05) is 6.42 Å². The molecule has 16 heavy (non-hydrogen) atoms. The van der Waals surface area contributed by atoms with Gasteiger partial charge in [-0.25, -0.2) is 0 Å². The maximum absolute atomic E-state index is 11.4. The normalized spacial score (nSPS) is 10.4. The van der Waals surface area contributed by atoms with Crippen LogP contribution in [0.5, 0.6) is 0 Å². The van der Waals surface area contributed by atoms with Crippen LogP contribution < -0.4 is 0 Å². The van der Waals surface area contributed by atoms with Gasteiger partial charge in [0.05, 0.1) is 4.92 Å². The van der Waals surface area contributed by atoms with Crippen LogP contribution in [0.3, 0.4) is 0 Å². The van der Waals surface area contributed by atoms with Crippen molar-refractivity contribution in [2.45, 2.75) is 40.2 Å². The molecule has 6 heteroatoms. The van der Waals surface area contributed by atoms with Gasteiger partial charge in [0.1, 0.15) is 17.9 Å². The van der Waals surface area contributed by atoms with Crippen molar-refractivity contribution in [3.05, 3.63) is 21.5 Å². The predicted octanol–water partition coefficient (Wildman–Crippen LogP) is 1.78. The first kappa shape index (κ1) is 12.4. The van der Waals surface area contributed by atoms with Crippen LogP contribution in [0.2, 0.25) is 0 Å². The van der Waals surface area contributed by atoms with Crippen LogP contribution in [0, 0.1) is 24.0 Å². The average Bonchev–Trinajstić information content (AvgIpc) is 2.42. The molecule has 0 unspecified atom stereocenters. The molecule has 0 aromatic carbocycles. The van der Waals surface area contributed by atoms with E-state index in [9.17, 15) is 14.9 Å². The van der Waals surface area contributed by atoms with Crippen molar-refractivity contribution in [1.29, 1.82) is 0 Å². The first-order valence-electron chi connectivity index (χ1n) is 5.17. The molecule has 0 N–H and O–H groups in total. The molecule has 0 spiro atoms. The monoisotopic (exact) mass is 225 g/mol. The second-order valence-electron chi connectivity index (χ2n) is 3.72. The summed E-state index contributed by atoms with van der Waals surface area (Å²) in [5, 5.41) is 14.7. The number of aryl methyl sites for hydroxylation is 1. The number of ketones is 1. The van der Waals surface area contributed by atoms with Crippen LogP contribution in [0.15, 0.2) is 0 Å². The Morgan fingerprint density at radius 1 is 1.50 bits per heavy atom. The molecule has 6 nitrogen and oxygen atoms in total. The van der Waals surface area contributed by atoms with Crippen molar-refractivity contribution in [2.24, 2.45) is 0 Å². The van der Waals surface area contributed by atoms with Crippen molar-refractivity contribution in [3.8, 4) is 0 Å². The Morgan fingerprint density at radius 3 is 2.56 bits per heavy atom. The van der Waals surface area contributed by atoms with E-state index in [2.05, 4.69) is 5.10 Å². The maximum Gasteiger partial charge on any atom is 0.312 e. The SMILES string of the molecule is CCCC(=O)Cn1nc(C)c([N+](=O)[O-])c1C. The van der Waals surface area contributed by atoms with E-state index in [0.29, 0.717) is 17.8 Å². The molecule has 88 valence electrons. The van der Waals surface area contributed by atoms with Gasteiger partial charge < -0.3 is 0 Å². The Balaban J connectivity index is 2.95. The molecule has 1 rings (SSSR count). The van der Waals surface area contributed by atoms with Crippen molar-refractivity contribution in [2.75, 3.05) is 0 Å². The molecular weight excluding hydrogens is 210 g/mol. The summed E-state index contributed by atoms with van der Waals surface area (Å²) in [5.41, 5.74) is 0.794. The lowest BCUT2D eigenvalue weighted by Gasteiger charge is -2.01. The molecule has 0 atom stereocenters. The number of Topliss-reactive ketones (excluding diaryl/α,β-unsaturated/α-hetero) is 1. The first-order valence-corrected chi connectivity index (χ1v) is 5.17. The average molecular weight is 225 g/mol. The molecule has 0 saturated carbocycles. The molecule has 1 aromatic heterocycles. The Morgan fingerprint density at radius 2 is 2.12 bits per heavy atom. The van der Waals surface area contributed by atoms with Gasteiger partial charge in [-0.05, 0) is 20.3 Å². The second kappa shape index (κ2) is 4.87. The highest BCUT2D eigenvalue weighted by Gasteiger charge is 2.22. The molecule has 0 fully saturated rings. The molecule has 0 saturated heterocycles. The van der Waals surface area contributed by atoms with Crippen LogP contribution in [-0.2, 0) is 11.3 Å². The highest BCUT2D eigenvalue weighted by Crippen LogP contribution is 2.21. The van der Waals surface area contributed by atoms with E-state index in [1.807, 2.05) is 6.92 Å². The fourth-order valence-electron chi connectivity index (χ4n) is 1.63. The summed E-state index contributed by atoms with van der Waals surface area (Å²) >= 11 is 0. The van der Waals surface area contributed by atoms with E-state index < -0.39 is 4.92 Å². The Kier molecular flexibility index (Phi) is 3.76. The van der Waals surface area contributed by atoms with Crippen LogP contribution >= 0.6 is 0 Å². The summed E-state index contributed by atoms with van der Waals surface area (Å²) in [4.78, 5) is 21.7. The van der Waals surface area contributed by atoms with Crippen molar-refractivity contribution >= 4 is 11.5 Å². The zero-order valence-electron chi connectivity index (χ0n) is 9.69. The molecule has 0 radical (unpaired) electrons. The Labute approximate surface area is 93.4 Å². The zero-order valence-corrected chi connectivity index (χ0v) is 9.69. The molecule has 0 amide bonds. The number of rotatable bonds is 5. The zero-order chi connectivity index (χ0) is 12.3. The topological polar surface area (TPSA) is 78.0 Å². The summed E-state index contributed by atoms with van der Waals surface area (Å²) in [5.74, 6) is 0.0444. The lowest BCUT2D eigenvalue weighted by molar-refractivity contribution is -0.386. The molecule has 1 aromatic rings. The van der Waals surface area contributed by atoms with Gasteiger partial charge >= 0.3 is 5.69 Å². The number of nitrogens with zero attached hydrogens (tertiary/aromatic N) is 3. The van der Waals surface area contributed by atoms with Gasteiger partial charge in [0.2, 0.25) is 0 Å². The molecule has 1 heterocycles. The summed E-state index contributed by atoms with van der Waals surface area (Å²) in [6.07, 6.45) is 1.26. The Bertz CT molecular complexity index is 423. The minimum Gasteiger partial charge on any atom is -0.298 e. The number of nitro groups is 1. The smallest absolute Gasteiger partial charge is 0.298 e. The highest BCUT2D eigenvalue weighted by atomic mass is 16.6. The lowest BCUT2D eigenvalue weighted by atomic mass is 10.2. The van der Waals surface area contributed by atoms with Gasteiger partial charge in [-0.1, -0.05) is 6.92 Å². The van der Waals surface area contributed by atoms with E-state index >= 15 is 0 Å².